The summed E-state index contributed by atoms with van der Waals surface area (Å²) in [4.78, 5) is 24.8. The van der Waals surface area contributed by atoms with E-state index in [0.29, 0.717) is 32.5 Å². The molecule has 0 spiro atoms. The van der Waals surface area contributed by atoms with Crippen LogP contribution < -0.4 is 10.1 Å². The Labute approximate surface area is 187 Å². The first-order valence-electron chi connectivity index (χ1n) is 10.9. The number of carbonyl (C=O) groups is 2. The van der Waals surface area contributed by atoms with Gasteiger partial charge in [0.05, 0.1) is 20.3 Å². The van der Waals surface area contributed by atoms with Crippen LogP contribution in [0, 0.1) is 11.3 Å². The zero-order chi connectivity index (χ0) is 23.4. The van der Waals surface area contributed by atoms with Gasteiger partial charge in [0, 0.05) is 18.8 Å². The smallest absolute Gasteiger partial charge is 0.328 e. The number of hydrogen-bond acceptors (Lipinski definition) is 5. The van der Waals surface area contributed by atoms with Gasteiger partial charge in [-0.25, -0.2) is 4.79 Å². The van der Waals surface area contributed by atoms with E-state index in [0.717, 1.165) is 11.3 Å². The number of benzene rings is 1. The van der Waals surface area contributed by atoms with E-state index < -0.39 is 12.0 Å². The Morgan fingerprint density at radius 2 is 1.84 bits per heavy atom. The van der Waals surface area contributed by atoms with Crippen LogP contribution in [0.15, 0.2) is 36.9 Å². The highest BCUT2D eigenvalue weighted by Crippen LogP contribution is 2.23. The molecular formula is C25H39NO5. The van der Waals surface area contributed by atoms with Crippen molar-refractivity contribution in [2.45, 2.75) is 72.6 Å². The zero-order valence-corrected chi connectivity index (χ0v) is 19.9. The molecule has 0 saturated heterocycles. The Bertz CT molecular complexity index is 693. The van der Waals surface area contributed by atoms with Crippen molar-refractivity contribution in [3.05, 3.63) is 42.5 Å². The van der Waals surface area contributed by atoms with Gasteiger partial charge in [0.25, 0.3) is 0 Å². The number of carbonyl (C=O) groups excluding carboxylic acids is 2. The van der Waals surface area contributed by atoms with E-state index in [1.165, 1.54) is 0 Å². The van der Waals surface area contributed by atoms with Crippen LogP contribution in [-0.2, 0) is 25.7 Å². The number of amides is 1. The minimum Gasteiger partial charge on any atom is -0.497 e. The molecule has 0 heterocycles. The maximum absolute atomic E-state index is 12.9. The summed E-state index contributed by atoms with van der Waals surface area (Å²) in [6.07, 6.45) is 2.70. The lowest BCUT2D eigenvalue weighted by Crippen LogP contribution is -2.45. The second-order valence-corrected chi connectivity index (χ2v) is 9.08. The van der Waals surface area contributed by atoms with Crippen molar-refractivity contribution in [2.24, 2.45) is 11.3 Å². The molecule has 0 aromatic heterocycles. The van der Waals surface area contributed by atoms with Gasteiger partial charge in [-0.2, -0.15) is 0 Å². The lowest BCUT2D eigenvalue weighted by Gasteiger charge is -2.29. The average molecular weight is 434 g/mol. The molecule has 1 aromatic rings. The van der Waals surface area contributed by atoms with Crippen LogP contribution in [0.25, 0.3) is 0 Å². The van der Waals surface area contributed by atoms with Crippen LogP contribution in [0.4, 0.5) is 0 Å². The average Bonchev–Trinajstić information content (AvgIpc) is 2.72. The summed E-state index contributed by atoms with van der Waals surface area (Å²) in [5.74, 6) is 0.195. The van der Waals surface area contributed by atoms with Gasteiger partial charge in [0.15, 0.2) is 0 Å². The van der Waals surface area contributed by atoms with Crippen molar-refractivity contribution in [1.82, 2.24) is 5.32 Å². The lowest BCUT2D eigenvalue weighted by molar-refractivity contribution is -0.157. The summed E-state index contributed by atoms with van der Waals surface area (Å²) in [5, 5.41) is 2.80. The van der Waals surface area contributed by atoms with Gasteiger partial charge in [-0.1, -0.05) is 52.8 Å². The molecule has 174 valence electrons. The number of rotatable bonds is 13. The molecule has 3 atom stereocenters. The van der Waals surface area contributed by atoms with Crippen molar-refractivity contribution in [3.63, 3.8) is 0 Å². The van der Waals surface area contributed by atoms with E-state index in [9.17, 15) is 9.59 Å². The second-order valence-electron chi connectivity index (χ2n) is 9.08. The predicted octanol–water partition coefficient (Wildman–Crippen LogP) is 4.67. The molecule has 1 unspecified atom stereocenters. The molecule has 1 N–H and O–H groups in total. The minimum atomic E-state index is -0.674. The van der Waals surface area contributed by atoms with Crippen LogP contribution in [0.1, 0.15) is 59.4 Å². The molecule has 0 aliphatic rings. The summed E-state index contributed by atoms with van der Waals surface area (Å²) in [7, 11) is 1.63. The van der Waals surface area contributed by atoms with E-state index in [1.54, 1.807) is 20.1 Å². The normalized spacial score (nSPS) is 14.3. The molecule has 0 saturated carbocycles. The van der Waals surface area contributed by atoms with Crippen molar-refractivity contribution >= 4 is 11.9 Å². The first-order valence-corrected chi connectivity index (χ1v) is 10.9. The topological polar surface area (TPSA) is 73.9 Å². The molecule has 0 radical (unpaired) electrons. The highest BCUT2D eigenvalue weighted by Gasteiger charge is 2.30. The molecule has 0 aliphatic carbocycles. The standard InChI is InChI=1S/C25H39NO5/c1-8-10-22(18(3)16-30-17-19-11-13-20(29-7)14-12-19)31-24(28)21(15-25(4,5)6)26-23(27)9-2/h8,11-14,18,21-22H,1,9-10,15-17H2,2-7H3,(H,26,27)/t18?,21-,22-/m0/s1. The van der Waals surface area contributed by atoms with Gasteiger partial charge in [-0.05, 0) is 29.5 Å². The predicted molar refractivity (Wildman–Crippen MR) is 123 cm³/mol. The van der Waals surface area contributed by atoms with Gasteiger partial charge >= 0.3 is 5.97 Å². The molecule has 6 heteroatoms. The fraction of sp³-hybridized carbons (Fsp3) is 0.600. The van der Waals surface area contributed by atoms with Crippen LogP contribution in [0.3, 0.4) is 0 Å². The Morgan fingerprint density at radius 3 is 2.35 bits per heavy atom. The molecule has 1 aromatic carbocycles. The Balaban J connectivity index is 2.70. The lowest BCUT2D eigenvalue weighted by atomic mass is 9.88. The number of methoxy groups -OCH3 is 1. The number of esters is 1. The summed E-state index contributed by atoms with van der Waals surface area (Å²) < 4.78 is 16.8. The van der Waals surface area contributed by atoms with Crippen LogP contribution in [0.2, 0.25) is 0 Å². The third kappa shape index (κ3) is 10.5. The molecule has 6 nitrogen and oxygen atoms in total. The highest BCUT2D eigenvalue weighted by molar-refractivity contribution is 5.84. The van der Waals surface area contributed by atoms with Crippen molar-refractivity contribution < 1.29 is 23.8 Å². The molecular weight excluding hydrogens is 394 g/mol. The van der Waals surface area contributed by atoms with Gasteiger partial charge in [-0.3, -0.25) is 4.79 Å². The SMILES string of the molecule is C=CC[C@H](OC(=O)[C@H](CC(C)(C)C)NC(=O)CC)C(C)COCc1ccc(OC)cc1. The maximum Gasteiger partial charge on any atom is 0.328 e. The fourth-order valence-corrected chi connectivity index (χ4v) is 3.09. The van der Waals surface area contributed by atoms with E-state index in [1.807, 2.05) is 52.0 Å². The third-order valence-corrected chi connectivity index (χ3v) is 4.87. The van der Waals surface area contributed by atoms with Crippen molar-refractivity contribution in [2.75, 3.05) is 13.7 Å². The molecule has 0 bridgehead atoms. The van der Waals surface area contributed by atoms with Crippen LogP contribution >= 0.6 is 0 Å². The van der Waals surface area contributed by atoms with Gasteiger partial charge in [0.2, 0.25) is 5.91 Å². The van der Waals surface area contributed by atoms with E-state index in [4.69, 9.17) is 14.2 Å². The van der Waals surface area contributed by atoms with Crippen LogP contribution in [0.5, 0.6) is 5.75 Å². The maximum atomic E-state index is 12.9. The monoisotopic (exact) mass is 433 g/mol. The largest absolute Gasteiger partial charge is 0.497 e. The van der Waals surface area contributed by atoms with Gasteiger partial charge in [-0.15, -0.1) is 6.58 Å². The molecule has 0 fully saturated rings. The highest BCUT2D eigenvalue weighted by atomic mass is 16.5. The fourth-order valence-electron chi connectivity index (χ4n) is 3.09. The second kappa shape index (κ2) is 13.2. The van der Waals surface area contributed by atoms with Gasteiger partial charge < -0.3 is 19.5 Å². The first-order chi connectivity index (χ1) is 14.6. The van der Waals surface area contributed by atoms with Crippen molar-refractivity contribution in [3.8, 4) is 5.75 Å². The van der Waals surface area contributed by atoms with Crippen LogP contribution in [-0.4, -0.2) is 37.7 Å². The Hall–Kier alpha value is -2.34. The van der Waals surface area contributed by atoms with E-state index >= 15 is 0 Å². The van der Waals surface area contributed by atoms with E-state index in [-0.39, 0.29) is 23.3 Å². The Kier molecular flexibility index (Phi) is 11.3. The molecule has 0 aliphatic heterocycles. The summed E-state index contributed by atoms with van der Waals surface area (Å²) >= 11 is 0. The summed E-state index contributed by atoms with van der Waals surface area (Å²) in [5.41, 5.74) is 0.906. The first kappa shape index (κ1) is 26.7. The number of nitrogens with one attached hydrogen (secondary N) is 1. The number of hydrogen-bond donors (Lipinski definition) is 1. The van der Waals surface area contributed by atoms with E-state index in [2.05, 4.69) is 11.9 Å². The third-order valence-electron chi connectivity index (χ3n) is 4.87. The summed E-state index contributed by atoms with van der Waals surface area (Å²) in [6.45, 7) is 14.5. The molecule has 31 heavy (non-hydrogen) atoms. The van der Waals surface area contributed by atoms with Gasteiger partial charge in [0.1, 0.15) is 17.9 Å². The molecule has 1 rings (SSSR count). The molecule has 1 amide bonds. The minimum absolute atomic E-state index is 0.0302. The Morgan fingerprint density at radius 1 is 1.19 bits per heavy atom. The number of ether oxygens (including phenoxy) is 3. The summed E-state index contributed by atoms with van der Waals surface area (Å²) in [6, 6.07) is 7.03. The quantitative estimate of drug-likeness (QED) is 0.362. The van der Waals surface area contributed by atoms with Crippen molar-refractivity contribution in [1.29, 1.82) is 0 Å². The zero-order valence-electron chi connectivity index (χ0n) is 19.9.